The molecule has 0 radical (unpaired) electrons. The van der Waals surface area contributed by atoms with Crippen molar-refractivity contribution < 1.29 is 0 Å². The molecule has 3 heteroatoms. The molecular weight excluding hydrogens is 438 g/mol. The monoisotopic (exact) mass is 457 g/mol. The molecule has 0 N–H and O–H groups in total. The van der Waals surface area contributed by atoms with Crippen LogP contribution in [0.2, 0.25) is 0 Å². The number of pyridine rings is 3. The molecule has 0 amide bonds. The number of fused-ring (bicyclic) bond motifs is 9. The molecule has 0 bridgehead atoms. The van der Waals surface area contributed by atoms with E-state index in [2.05, 4.69) is 108 Å². The standard InChI is InChI=1S/C33H19N3/c1-2-10-23-21(8-1)18-27(25-12-4-3-11-24(23)25)32-33-28(26-13-5-6-14-29(26)35-32)19-22-16-15-20-9-7-17-34-30(20)31(22)36-33/h1-19H. The summed E-state index contributed by atoms with van der Waals surface area (Å²) in [6, 6.07) is 38.4. The highest BCUT2D eigenvalue weighted by Crippen LogP contribution is 2.39. The average molecular weight is 458 g/mol. The van der Waals surface area contributed by atoms with Crippen molar-refractivity contribution in [3.8, 4) is 11.3 Å². The fourth-order valence-corrected chi connectivity index (χ4v) is 5.57. The summed E-state index contributed by atoms with van der Waals surface area (Å²) in [5.74, 6) is 0. The normalized spacial score (nSPS) is 11.9. The fraction of sp³-hybridized carbons (Fsp3) is 0. The van der Waals surface area contributed by atoms with E-state index in [1.807, 2.05) is 12.3 Å². The van der Waals surface area contributed by atoms with Crippen molar-refractivity contribution in [2.45, 2.75) is 0 Å². The van der Waals surface area contributed by atoms with Crippen LogP contribution in [0.1, 0.15) is 0 Å². The van der Waals surface area contributed by atoms with Gasteiger partial charge in [0, 0.05) is 33.3 Å². The van der Waals surface area contributed by atoms with Gasteiger partial charge in [0.2, 0.25) is 0 Å². The number of aromatic nitrogens is 3. The summed E-state index contributed by atoms with van der Waals surface area (Å²) in [5.41, 5.74) is 5.70. The van der Waals surface area contributed by atoms with E-state index in [1.54, 1.807) is 0 Å². The van der Waals surface area contributed by atoms with E-state index < -0.39 is 0 Å². The Hall–Kier alpha value is -4.89. The molecule has 3 nitrogen and oxygen atoms in total. The van der Waals surface area contributed by atoms with Gasteiger partial charge in [-0.2, -0.15) is 0 Å². The number of benzene rings is 5. The molecule has 0 aliphatic heterocycles. The van der Waals surface area contributed by atoms with Crippen LogP contribution in [0, 0.1) is 0 Å². The van der Waals surface area contributed by atoms with E-state index in [1.165, 1.54) is 21.5 Å². The summed E-state index contributed by atoms with van der Waals surface area (Å²) in [6.45, 7) is 0. The molecule has 3 heterocycles. The molecule has 5 aromatic carbocycles. The Morgan fingerprint density at radius 3 is 2.06 bits per heavy atom. The van der Waals surface area contributed by atoms with Crippen LogP contribution < -0.4 is 0 Å². The van der Waals surface area contributed by atoms with Crippen molar-refractivity contribution in [3.63, 3.8) is 0 Å². The smallest absolute Gasteiger partial charge is 0.0980 e. The second-order valence-corrected chi connectivity index (χ2v) is 9.27. The van der Waals surface area contributed by atoms with E-state index in [4.69, 9.17) is 9.97 Å². The molecular formula is C33H19N3. The lowest BCUT2D eigenvalue weighted by atomic mass is 9.93. The number of para-hydroxylation sites is 1. The summed E-state index contributed by atoms with van der Waals surface area (Å²) in [5, 5.41) is 9.23. The first-order valence-electron chi connectivity index (χ1n) is 12.1. The third kappa shape index (κ3) is 2.71. The van der Waals surface area contributed by atoms with E-state index >= 15 is 0 Å². The maximum absolute atomic E-state index is 5.29. The SMILES string of the molecule is c1ccc2c(c1)cc(-c1nc3ccccc3c3cc4ccc5cccnc5c4nc13)c1ccccc12. The Morgan fingerprint density at radius 1 is 0.417 bits per heavy atom. The minimum Gasteiger partial charge on any atom is -0.254 e. The van der Waals surface area contributed by atoms with Crippen LogP contribution in [0.5, 0.6) is 0 Å². The molecule has 0 unspecified atom stereocenters. The van der Waals surface area contributed by atoms with Gasteiger partial charge in [0.25, 0.3) is 0 Å². The Morgan fingerprint density at radius 2 is 1.14 bits per heavy atom. The van der Waals surface area contributed by atoms with Crippen LogP contribution in [0.15, 0.2) is 115 Å². The Kier molecular flexibility index (Phi) is 3.94. The van der Waals surface area contributed by atoms with Gasteiger partial charge in [-0.3, -0.25) is 4.98 Å². The lowest BCUT2D eigenvalue weighted by Crippen LogP contribution is -1.95. The van der Waals surface area contributed by atoms with Crippen LogP contribution in [0.3, 0.4) is 0 Å². The Balaban J connectivity index is 1.60. The van der Waals surface area contributed by atoms with Gasteiger partial charge in [0.05, 0.1) is 27.8 Å². The van der Waals surface area contributed by atoms with Crippen molar-refractivity contribution >= 4 is 65.2 Å². The first-order valence-corrected chi connectivity index (χ1v) is 12.1. The number of nitrogens with zero attached hydrogens (tertiary/aromatic N) is 3. The second-order valence-electron chi connectivity index (χ2n) is 9.27. The first-order chi connectivity index (χ1) is 17.8. The van der Waals surface area contributed by atoms with Crippen LogP contribution in [-0.2, 0) is 0 Å². The minimum absolute atomic E-state index is 0.903. The van der Waals surface area contributed by atoms with Gasteiger partial charge in [-0.15, -0.1) is 0 Å². The molecule has 0 spiro atoms. The van der Waals surface area contributed by atoms with Crippen LogP contribution >= 0.6 is 0 Å². The molecule has 0 aliphatic rings. The molecule has 3 aromatic heterocycles. The first kappa shape index (κ1) is 19.4. The molecule has 166 valence electrons. The Labute approximate surface area is 206 Å². The van der Waals surface area contributed by atoms with Crippen molar-refractivity contribution in [3.05, 3.63) is 115 Å². The summed E-state index contributed by atoms with van der Waals surface area (Å²) in [6.07, 6.45) is 1.84. The predicted octanol–water partition coefficient (Wildman–Crippen LogP) is 8.46. The summed E-state index contributed by atoms with van der Waals surface area (Å²) >= 11 is 0. The highest BCUT2D eigenvalue weighted by Gasteiger charge is 2.17. The summed E-state index contributed by atoms with van der Waals surface area (Å²) < 4.78 is 0. The zero-order valence-corrected chi connectivity index (χ0v) is 19.3. The van der Waals surface area contributed by atoms with Gasteiger partial charge in [-0.25, -0.2) is 9.97 Å². The van der Waals surface area contributed by atoms with Crippen LogP contribution in [0.25, 0.3) is 76.4 Å². The largest absolute Gasteiger partial charge is 0.254 e. The van der Waals surface area contributed by atoms with E-state index in [-0.39, 0.29) is 0 Å². The molecule has 8 aromatic rings. The topological polar surface area (TPSA) is 38.7 Å². The molecule has 36 heavy (non-hydrogen) atoms. The maximum Gasteiger partial charge on any atom is 0.0980 e. The van der Waals surface area contributed by atoms with Crippen molar-refractivity contribution in [1.29, 1.82) is 0 Å². The molecule has 0 atom stereocenters. The molecule has 0 saturated heterocycles. The predicted molar refractivity (Wildman–Crippen MR) is 150 cm³/mol. The zero-order valence-electron chi connectivity index (χ0n) is 19.3. The number of hydrogen-bond acceptors (Lipinski definition) is 3. The van der Waals surface area contributed by atoms with E-state index in [9.17, 15) is 0 Å². The highest BCUT2D eigenvalue weighted by molar-refractivity contribution is 6.19. The summed E-state index contributed by atoms with van der Waals surface area (Å²) in [4.78, 5) is 15.2. The van der Waals surface area contributed by atoms with Gasteiger partial charge in [-0.1, -0.05) is 84.9 Å². The zero-order chi connectivity index (χ0) is 23.6. The van der Waals surface area contributed by atoms with Gasteiger partial charge >= 0.3 is 0 Å². The van der Waals surface area contributed by atoms with Gasteiger partial charge in [0.15, 0.2) is 0 Å². The van der Waals surface area contributed by atoms with Crippen molar-refractivity contribution in [1.82, 2.24) is 15.0 Å². The minimum atomic E-state index is 0.903. The third-order valence-corrected chi connectivity index (χ3v) is 7.23. The quantitative estimate of drug-likeness (QED) is 0.183. The molecule has 0 saturated carbocycles. The third-order valence-electron chi connectivity index (χ3n) is 7.23. The van der Waals surface area contributed by atoms with Crippen LogP contribution in [0.4, 0.5) is 0 Å². The summed E-state index contributed by atoms with van der Waals surface area (Å²) in [7, 11) is 0. The van der Waals surface area contributed by atoms with E-state index in [0.29, 0.717) is 0 Å². The molecule has 8 rings (SSSR count). The average Bonchev–Trinajstić information content (AvgIpc) is 2.95. The van der Waals surface area contributed by atoms with Gasteiger partial charge in [0.1, 0.15) is 0 Å². The second kappa shape index (κ2) is 7.30. The number of rotatable bonds is 1. The van der Waals surface area contributed by atoms with Crippen molar-refractivity contribution in [2.24, 2.45) is 0 Å². The van der Waals surface area contributed by atoms with Gasteiger partial charge < -0.3 is 0 Å². The van der Waals surface area contributed by atoms with Gasteiger partial charge in [-0.05, 0) is 45.8 Å². The number of hydrogen-bond donors (Lipinski definition) is 0. The highest BCUT2D eigenvalue weighted by atomic mass is 14.8. The Bertz CT molecular complexity index is 2160. The molecule has 0 fully saturated rings. The van der Waals surface area contributed by atoms with Crippen LogP contribution in [-0.4, -0.2) is 15.0 Å². The lowest BCUT2D eigenvalue weighted by molar-refractivity contribution is 1.38. The van der Waals surface area contributed by atoms with Crippen molar-refractivity contribution in [2.75, 3.05) is 0 Å². The maximum atomic E-state index is 5.29. The lowest BCUT2D eigenvalue weighted by Gasteiger charge is -2.14. The fourth-order valence-electron chi connectivity index (χ4n) is 5.57. The molecule has 0 aliphatic carbocycles. The van der Waals surface area contributed by atoms with E-state index in [0.717, 1.165) is 54.9 Å².